The number of carbonyl (C=O) groups is 2. The average molecular weight is 423 g/mol. The summed E-state index contributed by atoms with van der Waals surface area (Å²) in [7, 11) is 0. The van der Waals surface area contributed by atoms with Crippen LogP contribution in [-0.2, 0) is 14.3 Å². The van der Waals surface area contributed by atoms with Crippen LogP contribution >= 0.6 is 15.9 Å². The molecule has 0 bridgehead atoms. The van der Waals surface area contributed by atoms with Crippen molar-refractivity contribution in [2.45, 2.75) is 83.1 Å². The van der Waals surface area contributed by atoms with Crippen LogP contribution in [0.15, 0.2) is 11.6 Å². The molecule has 7 atom stereocenters. The first kappa shape index (κ1) is 18.7. The van der Waals surface area contributed by atoms with Crippen LogP contribution in [0.3, 0.4) is 0 Å². The lowest BCUT2D eigenvalue weighted by Gasteiger charge is -2.57. The van der Waals surface area contributed by atoms with E-state index in [2.05, 4.69) is 29.8 Å². The van der Waals surface area contributed by atoms with Crippen LogP contribution in [0.2, 0.25) is 0 Å². The Morgan fingerprint density at radius 3 is 2.65 bits per heavy atom. The van der Waals surface area contributed by atoms with E-state index in [4.69, 9.17) is 4.74 Å². The number of ether oxygens (including phenoxy) is 1. The molecule has 3 nitrogen and oxygen atoms in total. The van der Waals surface area contributed by atoms with Crippen LogP contribution in [0, 0.1) is 28.6 Å². The van der Waals surface area contributed by atoms with Gasteiger partial charge in [0.2, 0.25) is 0 Å². The van der Waals surface area contributed by atoms with E-state index in [-0.39, 0.29) is 27.7 Å². The molecule has 0 aromatic carbocycles. The Kier molecular flexibility index (Phi) is 4.65. The van der Waals surface area contributed by atoms with Crippen molar-refractivity contribution < 1.29 is 14.3 Å². The van der Waals surface area contributed by atoms with Gasteiger partial charge in [-0.05, 0) is 81.1 Å². The molecule has 0 heterocycles. The molecule has 26 heavy (non-hydrogen) atoms. The van der Waals surface area contributed by atoms with Gasteiger partial charge >= 0.3 is 5.97 Å². The first-order valence-electron chi connectivity index (χ1n) is 10.3. The van der Waals surface area contributed by atoms with Crippen LogP contribution in [0.1, 0.15) is 72.1 Å². The molecular weight excluding hydrogens is 392 g/mol. The molecule has 0 saturated heterocycles. The van der Waals surface area contributed by atoms with Gasteiger partial charge < -0.3 is 4.74 Å². The van der Waals surface area contributed by atoms with Gasteiger partial charge in [0.15, 0.2) is 5.78 Å². The zero-order valence-corrected chi connectivity index (χ0v) is 17.8. The van der Waals surface area contributed by atoms with E-state index in [0.717, 1.165) is 25.7 Å². The van der Waals surface area contributed by atoms with Crippen molar-refractivity contribution in [1.29, 1.82) is 0 Å². The average Bonchev–Trinajstić information content (AvgIpc) is 2.92. The van der Waals surface area contributed by atoms with E-state index >= 15 is 0 Å². The Hall–Kier alpha value is -0.640. The fourth-order valence-electron chi connectivity index (χ4n) is 6.94. The summed E-state index contributed by atoms with van der Waals surface area (Å²) >= 11 is 3.35. The maximum Gasteiger partial charge on any atom is 0.319 e. The Morgan fingerprint density at radius 2 is 1.92 bits per heavy atom. The predicted octanol–water partition coefficient (Wildman–Crippen LogP) is 5.21. The molecule has 4 heteroatoms. The second-order valence-electron chi connectivity index (χ2n) is 9.63. The largest absolute Gasteiger partial charge is 0.461 e. The Morgan fingerprint density at radius 1 is 1.15 bits per heavy atom. The predicted molar refractivity (Wildman–Crippen MR) is 105 cm³/mol. The van der Waals surface area contributed by atoms with Crippen molar-refractivity contribution in [3.05, 3.63) is 11.6 Å². The van der Waals surface area contributed by atoms with Crippen molar-refractivity contribution in [2.24, 2.45) is 28.6 Å². The van der Waals surface area contributed by atoms with E-state index < -0.39 is 0 Å². The first-order chi connectivity index (χ1) is 12.3. The van der Waals surface area contributed by atoms with Gasteiger partial charge in [-0.2, -0.15) is 0 Å². The fourth-order valence-corrected chi connectivity index (χ4v) is 7.05. The van der Waals surface area contributed by atoms with Gasteiger partial charge in [0.1, 0.15) is 10.9 Å². The SMILES string of the molecule is CC(Br)C(=O)O[C@H]1CC[C@H]2[C@@H]3CCC4=CC(=O)CC[C@]4(C)[C@H]3CC[C@]12C. The van der Waals surface area contributed by atoms with Gasteiger partial charge in [-0.15, -0.1) is 0 Å². The van der Waals surface area contributed by atoms with Crippen molar-refractivity contribution in [1.82, 2.24) is 0 Å². The molecule has 0 amide bonds. The number of ketones is 1. The molecule has 144 valence electrons. The summed E-state index contributed by atoms with van der Waals surface area (Å²) in [6.07, 6.45) is 10.6. The van der Waals surface area contributed by atoms with E-state index in [9.17, 15) is 9.59 Å². The summed E-state index contributed by atoms with van der Waals surface area (Å²) in [5.41, 5.74) is 1.77. The third kappa shape index (κ3) is 2.73. The minimum atomic E-state index is -0.234. The normalized spacial score (nSPS) is 45.8. The van der Waals surface area contributed by atoms with E-state index in [0.29, 0.717) is 30.0 Å². The Labute approximate surface area is 165 Å². The van der Waals surface area contributed by atoms with E-state index in [1.54, 1.807) is 0 Å². The molecular formula is C22H31BrO3. The van der Waals surface area contributed by atoms with Crippen LogP contribution in [0.5, 0.6) is 0 Å². The Balaban J connectivity index is 1.57. The van der Waals surface area contributed by atoms with Crippen molar-refractivity contribution >= 4 is 27.7 Å². The number of carbonyl (C=O) groups excluding carboxylic acids is 2. The van der Waals surface area contributed by atoms with Crippen LogP contribution < -0.4 is 0 Å². The lowest BCUT2D eigenvalue weighted by Crippen LogP contribution is -2.51. The lowest BCUT2D eigenvalue weighted by atomic mass is 9.47. The summed E-state index contributed by atoms with van der Waals surface area (Å²) in [4.78, 5) is 23.9. The zero-order chi connectivity index (χ0) is 18.7. The summed E-state index contributed by atoms with van der Waals surface area (Å²) in [6, 6.07) is 0. The number of alkyl halides is 1. The molecule has 3 fully saturated rings. The highest BCUT2D eigenvalue weighted by Crippen LogP contribution is 2.65. The third-order valence-corrected chi connectivity index (χ3v) is 8.83. The number of halogens is 1. The molecule has 0 N–H and O–H groups in total. The molecule has 4 rings (SSSR count). The Bertz CT molecular complexity index is 654. The summed E-state index contributed by atoms with van der Waals surface area (Å²) in [6.45, 7) is 6.63. The number of hydrogen-bond acceptors (Lipinski definition) is 3. The monoisotopic (exact) mass is 422 g/mol. The molecule has 3 saturated carbocycles. The van der Waals surface area contributed by atoms with Crippen LogP contribution in [0.25, 0.3) is 0 Å². The standard InChI is InChI=1S/C22H31BrO3/c1-13(23)20(25)26-19-7-6-17-16-5-4-14-12-15(24)8-10-21(14,2)18(16)9-11-22(17,19)3/h12-13,16-19H,4-11H2,1-3H3/t13?,16-,17-,18-,19-,21-,22-/m0/s1. The van der Waals surface area contributed by atoms with E-state index in [1.807, 2.05) is 13.0 Å². The van der Waals surface area contributed by atoms with E-state index in [1.165, 1.54) is 24.8 Å². The van der Waals surface area contributed by atoms with Crippen molar-refractivity contribution in [3.63, 3.8) is 0 Å². The maximum atomic E-state index is 12.2. The van der Waals surface area contributed by atoms with Gasteiger partial charge in [-0.1, -0.05) is 35.4 Å². The van der Waals surface area contributed by atoms with Crippen molar-refractivity contribution in [2.75, 3.05) is 0 Å². The zero-order valence-electron chi connectivity index (χ0n) is 16.2. The number of hydrogen-bond donors (Lipinski definition) is 0. The minimum absolute atomic E-state index is 0.0682. The lowest BCUT2D eigenvalue weighted by molar-refractivity contribution is -0.158. The van der Waals surface area contributed by atoms with Gasteiger partial charge in [-0.3, -0.25) is 9.59 Å². The quantitative estimate of drug-likeness (QED) is 0.452. The van der Waals surface area contributed by atoms with Gasteiger partial charge in [0.25, 0.3) is 0 Å². The highest BCUT2D eigenvalue weighted by Gasteiger charge is 2.60. The highest BCUT2D eigenvalue weighted by molar-refractivity contribution is 9.10. The maximum absolute atomic E-state index is 12.2. The molecule has 4 aliphatic rings. The smallest absolute Gasteiger partial charge is 0.319 e. The molecule has 0 aromatic rings. The summed E-state index contributed by atoms with van der Waals surface area (Å²) < 4.78 is 5.93. The fraction of sp³-hybridized carbons (Fsp3) is 0.818. The summed E-state index contributed by atoms with van der Waals surface area (Å²) in [5, 5.41) is 0. The molecule has 0 spiro atoms. The highest BCUT2D eigenvalue weighted by atomic mass is 79.9. The molecule has 0 aromatic heterocycles. The number of rotatable bonds is 2. The molecule has 1 unspecified atom stereocenters. The third-order valence-electron chi connectivity index (χ3n) is 8.46. The molecule has 4 aliphatic carbocycles. The van der Waals surface area contributed by atoms with Crippen molar-refractivity contribution in [3.8, 4) is 0 Å². The molecule has 0 radical (unpaired) electrons. The van der Waals surface area contributed by atoms with Gasteiger partial charge in [0.05, 0.1) is 0 Å². The number of esters is 1. The van der Waals surface area contributed by atoms with Gasteiger partial charge in [-0.25, -0.2) is 0 Å². The number of allylic oxidation sites excluding steroid dienone is 1. The minimum Gasteiger partial charge on any atom is -0.461 e. The topological polar surface area (TPSA) is 43.4 Å². The summed E-state index contributed by atoms with van der Waals surface area (Å²) in [5.74, 6) is 2.27. The number of fused-ring (bicyclic) bond motifs is 5. The molecule has 0 aliphatic heterocycles. The first-order valence-corrected chi connectivity index (χ1v) is 11.3. The van der Waals surface area contributed by atoms with Crippen LogP contribution in [-0.4, -0.2) is 22.7 Å². The van der Waals surface area contributed by atoms with Crippen LogP contribution in [0.4, 0.5) is 0 Å². The second-order valence-corrected chi connectivity index (χ2v) is 11.0. The van der Waals surface area contributed by atoms with Gasteiger partial charge in [0, 0.05) is 11.8 Å². The second kappa shape index (κ2) is 6.46.